The van der Waals surface area contributed by atoms with Gasteiger partial charge in [-0.2, -0.15) is 0 Å². The van der Waals surface area contributed by atoms with Crippen LogP contribution < -0.4 is 5.32 Å². The molecule has 18 heavy (non-hydrogen) atoms. The van der Waals surface area contributed by atoms with Gasteiger partial charge in [0.25, 0.3) is 0 Å². The molecule has 1 aromatic heterocycles. The molecule has 0 radical (unpaired) electrons. The summed E-state index contributed by atoms with van der Waals surface area (Å²) in [4.78, 5) is 15.7. The lowest BCUT2D eigenvalue weighted by Crippen LogP contribution is -2.23. The van der Waals surface area contributed by atoms with E-state index in [1.165, 1.54) is 6.08 Å². The van der Waals surface area contributed by atoms with Crippen LogP contribution in [0.1, 0.15) is 33.0 Å². The molecule has 0 atom stereocenters. The molecule has 1 heterocycles. The van der Waals surface area contributed by atoms with Crippen LogP contribution in [0.4, 0.5) is 0 Å². The van der Waals surface area contributed by atoms with Crippen LogP contribution in [0.2, 0.25) is 0 Å². The summed E-state index contributed by atoms with van der Waals surface area (Å²) < 4.78 is 0. The zero-order valence-corrected chi connectivity index (χ0v) is 11.9. The van der Waals surface area contributed by atoms with Crippen LogP contribution in [0, 0.1) is 5.92 Å². The SMILES string of the molecule is CCSc1n[nH]c(/C=C/C(=O)NCCC(C)C)n1. The number of nitrogens with one attached hydrogen (secondary N) is 2. The second-order valence-electron chi connectivity index (χ2n) is 4.24. The number of carbonyl (C=O) groups is 1. The minimum Gasteiger partial charge on any atom is -0.353 e. The number of carbonyl (C=O) groups excluding carboxylic acids is 1. The zero-order valence-electron chi connectivity index (χ0n) is 11.1. The largest absolute Gasteiger partial charge is 0.353 e. The fraction of sp³-hybridized carbons (Fsp3) is 0.583. The third-order valence-electron chi connectivity index (χ3n) is 2.17. The Morgan fingerprint density at radius 1 is 1.56 bits per heavy atom. The van der Waals surface area contributed by atoms with E-state index in [1.54, 1.807) is 17.8 Å². The number of thioether (sulfide) groups is 1. The highest BCUT2D eigenvalue weighted by molar-refractivity contribution is 7.99. The van der Waals surface area contributed by atoms with Gasteiger partial charge in [0, 0.05) is 12.6 Å². The molecule has 0 bridgehead atoms. The van der Waals surface area contributed by atoms with Gasteiger partial charge in [-0.25, -0.2) is 4.98 Å². The van der Waals surface area contributed by atoms with E-state index in [0.717, 1.165) is 12.2 Å². The Balaban J connectivity index is 2.35. The summed E-state index contributed by atoms with van der Waals surface area (Å²) in [5.41, 5.74) is 0. The second kappa shape index (κ2) is 7.92. The van der Waals surface area contributed by atoms with Crippen LogP contribution in [-0.2, 0) is 4.79 Å². The molecule has 0 saturated heterocycles. The topological polar surface area (TPSA) is 70.7 Å². The summed E-state index contributed by atoms with van der Waals surface area (Å²) >= 11 is 1.56. The highest BCUT2D eigenvalue weighted by Gasteiger charge is 2.01. The molecule has 2 N–H and O–H groups in total. The van der Waals surface area contributed by atoms with Crippen LogP contribution in [0.3, 0.4) is 0 Å². The first kappa shape index (κ1) is 14.8. The Kier molecular flexibility index (Phi) is 6.49. The van der Waals surface area contributed by atoms with Gasteiger partial charge in [0.1, 0.15) is 5.82 Å². The third-order valence-corrected chi connectivity index (χ3v) is 2.90. The van der Waals surface area contributed by atoms with Gasteiger partial charge in [-0.15, -0.1) is 5.10 Å². The molecule has 0 unspecified atom stereocenters. The van der Waals surface area contributed by atoms with E-state index in [1.807, 2.05) is 6.92 Å². The van der Waals surface area contributed by atoms with Crippen LogP contribution in [-0.4, -0.2) is 33.4 Å². The molecule has 100 valence electrons. The monoisotopic (exact) mass is 268 g/mol. The predicted molar refractivity (Wildman–Crippen MR) is 74.3 cm³/mol. The Hall–Kier alpha value is -1.30. The maximum Gasteiger partial charge on any atom is 0.244 e. The van der Waals surface area contributed by atoms with E-state index in [4.69, 9.17) is 0 Å². The smallest absolute Gasteiger partial charge is 0.244 e. The first-order valence-electron chi connectivity index (χ1n) is 6.13. The summed E-state index contributed by atoms with van der Waals surface area (Å²) in [6.45, 7) is 7.00. The first-order chi connectivity index (χ1) is 8.61. The first-order valence-corrected chi connectivity index (χ1v) is 7.11. The molecule has 0 aliphatic carbocycles. The third kappa shape index (κ3) is 5.86. The van der Waals surface area contributed by atoms with Crippen LogP contribution in [0.5, 0.6) is 0 Å². The number of aromatic amines is 1. The molecule has 0 fully saturated rings. The van der Waals surface area contributed by atoms with Crippen molar-refractivity contribution in [3.05, 3.63) is 11.9 Å². The van der Waals surface area contributed by atoms with Crippen LogP contribution >= 0.6 is 11.8 Å². The standard InChI is InChI=1S/C12H20N4OS/c1-4-18-12-14-10(15-16-12)5-6-11(17)13-8-7-9(2)3/h5-6,9H,4,7-8H2,1-3H3,(H,13,17)(H,14,15,16)/b6-5+. The number of aromatic nitrogens is 3. The van der Waals surface area contributed by atoms with Gasteiger partial charge in [-0.1, -0.05) is 32.5 Å². The van der Waals surface area contributed by atoms with Crippen molar-refractivity contribution >= 4 is 23.7 Å². The molecule has 0 saturated carbocycles. The Morgan fingerprint density at radius 3 is 3.00 bits per heavy atom. The van der Waals surface area contributed by atoms with Crippen LogP contribution in [0.15, 0.2) is 11.2 Å². The number of H-pyrrole nitrogens is 1. The van der Waals surface area contributed by atoms with Crippen molar-refractivity contribution < 1.29 is 4.79 Å². The Bertz CT molecular complexity index is 401. The normalized spacial score (nSPS) is 11.3. The van der Waals surface area contributed by atoms with Crippen molar-refractivity contribution in [2.45, 2.75) is 32.3 Å². The van der Waals surface area contributed by atoms with E-state index < -0.39 is 0 Å². The van der Waals surface area contributed by atoms with Crippen molar-refractivity contribution in [1.29, 1.82) is 0 Å². The van der Waals surface area contributed by atoms with Gasteiger partial charge in [0.15, 0.2) is 0 Å². The van der Waals surface area contributed by atoms with E-state index in [9.17, 15) is 4.79 Å². The van der Waals surface area contributed by atoms with Crippen LogP contribution in [0.25, 0.3) is 6.08 Å². The highest BCUT2D eigenvalue weighted by atomic mass is 32.2. The minimum atomic E-state index is -0.100. The lowest BCUT2D eigenvalue weighted by molar-refractivity contribution is -0.116. The van der Waals surface area contributed by atoms with E-state index in [-0.39, 0.29) is 5.91 Å². The number of amides is 1. The molecule has 1 aromatic rings. The lowest BCUT2D eigenvalue weighted by Gasteiger charge is -2.04. The lowest BCUT2D eigenvalue weighted by atomic mass is 10.1. The Morgan fingerprint density at radius 2 is 2.33 bits per heavy atom. The maximum atomic E-state index is 11.5. The van der Waals surface area contributed by atoms with Gasteiger partial charge in [0.05, 0.1) is 0 Å². The predicted octanol–water partition coefficient (Wildman–Crippen LogP) is 2.09. The molecule has 1 amide bonds. The van der Waals surface area contributed by atoms with Gasteiger partial charge in [-0.3, -0.25) is 9.89 Å². The van der Waals surface area contributed by atoms with Crippen molar-refractivity contribution in [2.75, 3.05) is 12.3 Å². The van der Waals surface area contributed by atoms with Gasteiger partial charge in [0.2, 0.25) is 11.1 Å². The van der Waals surface area contributed by atoms with Gasteiger partial charge in [-0.05, 0) is 24.2 Å². The molecule has 0 aromatic carbocycles. The molecule has 1 rings (SSSR count). The zero-order chi connectivity index (χ0) is 13.4. The molecule has 0 aliphatic rings. The summed E-state index contributed by atoms with van der Waals surface area (Å²) in [7, 11) is 0. The number of hydrogen-bond acceptors (Lipinski definition) is 4. The molecular formula is C12H20N4OS. The molecule has 6 heteroatoms. The molecule has 5 nitrogen and oxygen atoms in total. The van der Waals surface area contributed by atoms with Crippen molar-refractivity contribution in [1.82, 2.24) is 20.5 Å². The van der Waals surface area contributed by atoms with Crippen molar-refractivity contribution in [3.63, 3.8) is 0 Å². The fourth-order valence-corrected chi connectivity index (χ4v) is 1.76. The van der Waals surface area contributed by atoms with Crippen molar-refractivity contribution in [2.24, 2.45) is 5.92 Å². The average Bonchev–Trinajstić information content (AvgIpc) is 2.74. The molecular weight excluding hydrogens is 248 g/mol. The van der Waals surface area contributed by atoms with E-state index >= 15 is 0 Å². The summed E-state index contributed by atoms with van der Waals surface area (Å²) in [6, 6.07) is 0. The molecule has 0 spiro atoms. The Labute approximate surface area is 112 Å². The highest BCUT2D eigenvalue weighted by Crippen LogP contribution is 2.11. The van der Waals surface area contributed by atoms with Gasteiger partial charge >= 0.3 is 0 Å². The van der Waals surface area contributed by atoms with Gasteiger partial charge < -0.3 is 5.32 Å². The maximum absolute atomic E-state index is 11.5. The van der Waals surface area contributed by atoms with Crippen molar-refractivity contribution in [3.8, 4) is 0 Å². The molecule has 0 aliphatic heterocycles. The summed E-state index contributed by atoms with van der Waals surface area (Å²) in [6.07, 6.45) is 4.10. The second-order valence-corrected chi connectivity index (χ2v) is 5.47. The van der Waals surface area contributed by atoms with E-state index in [0.29, 0.717) is 23.4 Å². The quantitative estimate of drug-likeness (QED) is 0.587. The number of hydrogen-bond donors (Lipinski definition) is 2. The minimum absolute atomic E-state index is 0.100. The average molecular weight is 268 g/mol. The number of nitrogens with zero attached hydrogens (tertiary/aromatic N) is 2. The fourth-order valence-electron chi connectivity index (χ4n) is 1.22. The van der Waals surface area contributed by atoms with E-state index in [2.05, 4.69) is 34.3 Å². The summed E-state index contributed by atoms with van der Waals surface area (Å²) in [5.74, 6) is 2.02. The summed E-state index contributed by atoms with van der Waals surface area (Å²) in [5, 5.41) is 10.3. The number of rotatable bonds is 7.